The normalized spacial score (nSPS) is 18.0. The summed E-state index contributed by atoms with van der Waals surface area (Å²) in [6, 6.07) is 0. The molecule has 2 heterocycles. The first-order chi connectivity index (χ1) is 10.5. The zero-order valence-electron chi connectivity index (χ0n) is 13.4. The molecule has 0 radical (unpaired) electrons. The number of carbonyl (C=O) groups excluding carboxylic acids is 2. The van der Waals surface area contributed by atoms with Crippen molar-refractivity contribution in [2.45, 2.75) is 46.1 Å². The molecule has 0 bridgehead atoms. The van der Waals surface area contributed by atoms with Gasteiger partial charge in [-0.05, 0) is 45.6 Å². The molecular weight excluding hydrogens is 286 g/mol. The smallest absolute Gasteiger partial charge is 0.355 e. The molecule has 1 atom stereocenters. The molecule has 6 nitrogen and oxygen atoms in total. The number of carbonyl (C=O) groups is 2. The molecule has 1 unspecified atom stereocenters. The Morgan fingerprint density at radius 2 is 2.00 bits per heavy atom. The van der Waals surface area contributed by atoms with E-state index in [1.165, 1.54) is 0 Å². The molecule has 1 fully saturated rings. The van der Waals surface area contributed by atoms with Gasteiger partial charge in [-0.25, -0.2) is 9.59 Å². The first-order valence-electron chi connectivity index (χ1n) is 7.69. The fourth-order valence-corrected chi connectivity index (χ4v) is 2.64. The van der Waals surface area contributed by atoms with E-state index < -0.39 is 11.9 Å². The zero-order chi connectivity index (χ0) is 16.1. The van der Waals surface area contributed by atoms with Crippen LogP contribution in [0.3, 0.4) is 0 Å². The van der Waals surface area contributed by atoms with Crippen molar-refractivity contribution in [3.8, 4) is 0 Å². The Morgan fingerprint density at radius 3 is 2.64 bits per heavy atom. The van der Waals surface area contributed by atoms with E-state index in [0.717, 1.165) is 25.9 Å². The molecule has 0 spiro atoms. The van der Waals surface area contributed by atoms with E-state index in [2.05, 4.69) is 4.98 Å². The van der Waals surface area contributed by atoms with Crippen LogP contribution in [0.2, 0.25) is 0 Å². The SMILES string of the molecule is CCOC(=O)c1c(C)[nH]c(C(=O)OCC2CCCCO2)c1C. The molecule has 1 aromatic heterocycles. The highest BCUT2D eigenvalue weighted by atomic mass is 16.6. The first-order valence-corrected chi connectivity index (χ1v) is 7.69. The second-order valence-corrected chi connectivity index (χ2v) is 5.43. The van der Waals surface area contributed by atoms with Gasteiger partial charge >= 0.3 is 11.9 Å². The average Bonchev–Trinajstić information content (AvgIpc) is 2.81. The van der Waals surface area contributed by atoms with E-state index in [1.807, 2.05) is 0 Å². The molecule has 1 aliphatic heterocycles. The van der Waals surface area contributed by atoms with Crippen LogP contribution in [0.5, 0.6) is 0 Å². The van der Waals surface area contributed by atoms with Crippen molar-refractivity contribution in [1.82, 2.24) is 4.98 Å². The monoisotopic (exact) mass is 309 g/mol. The second kappa shape index (κ2) is 7.45. The van der Waals surface area contributed by atoms with Gasteiger partial charge in [-0.15, -0.1) is 0 Å². The van der Waals surface area contributed by atoms with E-state index in [4.69, 9.17) is 14.2 Å². The molecule has 1 aliphatic rings. The standard InChI is InChI=1S/C16H23NO5/c1-4-20-15(18)13-10(2)14(17-11(13)3)16(19)22-9-12-7-5-6-8-21-12/h12,17H,4-9H2,1-3H3. The van der Waals surface area contributed by atoms with E-state index in [-0.39, 0.29) is 12.7 Å². The largest absolute Gasteiger partial charge is 0.462 e. The van der Waals surface area contributed by atoms with Crippen molar-refractivity contribution >= 4 is 11.9 Å². The summed E-state index contributed by atoms with van der Waals surface area (Å²) in [6.07, 6.45) is 3.03. The zero-order valence-corrected chi connectivity index (χ0v) is 13.4. The number of hydrogen-bond donors (Lipinski definition) is 1. The number of aromatic nitrogens is 1. The third-order valence-corrected chi connectivity index (χ3v) is 3.80. The summed E-state index contributed by atoms with van der Waals surface area (Å²) < 4.78 is 15.8. The molecule has 0 aromatic carbocycles. The van der Waals surface area contributed by atoms with Crippen LogP contribution in [0.4, 0.5) is 0 Å². The van der Waals surface area contributed by atoms with Crippen LogP contribution in [0.1, 0.15) is 58.3 Å². The number of nitrogens with one attached hydrogen (secondary N) is 1. The summed E-state index contributed by atoms with van der Waals surface area (Å²) in [7, 11) is 0. The molecule has 1 N–H and O–H groups in total. The minimum Gasteiger partial charge on any atom is -0.462 e. The topological polar surface area (TPSA) is 77.6 Å². The van der Waals surface area contributed by atoms with Crippen LogP contribution in [-0.4, -0.2) is 42.8 Å². The van der Waals surface area contributed by atoms with Crippen LogP contribution in [0, 0.1) is 13.8 Å². The lowest BCUT2D eigenvalue weighted by atomic mass is 10.1. The Kier molecular flexibility index (Phi) is 5.60. The van der Waals surface area contributed by atoms with Gasteiger partial charge in [0.25, 0.3) is 0 Å². The number of rotatable bonds is 5. The molecule has 1 aromatic rings. The number of aryl methyl sites for hydroxylation is 1. The summed E-state index contributed by atoms with van der Waals surface area (Å²) in [6.45, 7) is 6.45. The minimum absolute atomic E-state index is 0.0291. The molecule has 0 saturated carbocycles. The highest BCUT2D eigenvalue weighted by Gasteiger charge is 2.24. The van der Waals surface area contributed by atoms with E-state index in [0.29, 0.717) is 29.1 Å². The molecule has 1 saturated heterocycles. The van der Waals surface area contributed by atoms with Crippen molar-refractivity contribution in [1.29, 1.82) is 0 Å². The minimum atomic E-state index is -0.467. The number of hydrogen-bond acceptors (Lipinski definition) is 5. The Labute approximate surface area is 130 Å². The first kappa shape index (κ1) is 16.5. The van der Waals surface area contributed by atoms with Gasteiger partial charge in [0, 0.05) is 12.3 Å². The van der Waals surface area contributed by atoms with Gasteiger partial charge in [0.1, 0.15) is 12.3 Å². The third-order valence-electron chi connectivity index (χ3n) is 3.80. The Hall–Kier alpha value is -1.82. The summed E-state index contributed by atoms with van der Waals surface area (Å²) in [4.78, 5) is 27.0. The van der Waals surface area contributed by atoms with Gasteiger partial charge in [0.2, 0.25) is 0 Å². The second-order valence-electron chi connectivity index (χ2n) is 5.43. The van der Waals surface area contributed by atoms with Gasteiger partial charge in [-0.2, -0.15) is 0 Å². The fraction of sp³-hybridized carbons (Fsp3) is 0.625. The molecule has 22 heavy (non-hydrogen) atoms. The molecule has 0 aliphatic carbocycles. The predicted octanol–water partition coefficient (Wildman–Crippen LogP) is 2.53. The number of ether oxygens (including phenoxy) is 3. The van der Waals surface area contributed by atoms with Crippen molar-refractivity contribution < 1.29 is 23.8 Å². The van der Waals surface area contributed by atoms with E-state index in [9.17, 15) is 9.59 Å². The molecule has 2 rings (SSSR count). The van der Waals surface area contributed by atoms with Crippen molar-refractivity contribution in [3.63, 3.8) is 0 Å². The maximum Gasteiger partial charge on any atom is 0.355 e. The molecule has 6 heteroatoms. The van der Waals surface area contributed by atoms with Crippen LogP contribution in [0.25, 0.3) is 0 Å². The number of H-pyrrole nitrogens is 1. The van der Waals surface area contributed by atoms with Gasteiger partial charge in [-0.1, -0.05) is 0 Å². The number of esters is 2. The van der Waals surface area contributed by atoms with Gasteiger partial charge in [0.05, 0.1) is 18.3 Å². The maximum absolute atomic E-state index is 12.2. The molecular formula is C16H23NO5. The summed E-state index contributed by atoms with van der Waals surface area (Å²) in [5.41, 5.74) is 1.88. The van der Waals surface area contributed by atoms with E-state index in [1.54, 1.807) is 20.8 Å². The highest BCUT2D eigenvalue weighted by Crippen LogP contribution is 2.20. The molecule has 0 amide bonds. The molecule has 122 valence electrons. The summed E-state index contributed by atoms with van der Waals surface area (Å²) >= 11 is 0. The lowest BCUT2D eigenvalue weighted by molar-refractivity contribution is -0.0302. The van der Waals surface area contributed by atoms with Crippen molar-refractivity contribution in [3.05, 3.63) is 22.5 Å². The summed E-state index contributed by atoms with van der Waals surface area (Å²) in [5, 5.41) is 0. The van der Waals surface area contributed by atoms with Crippen molar-refractivity contribution in [2.24, 2.45) is 0 Å². The quantitative estimate of drug-likeness (QED) is 0.846. The summed E-state index contributed by atoms with van der Waals surface area (Å²) in [5.74, 6) is -0.895. The Morgan fingerprint density at radius 1 is 1.23 bits per heavy atom. The third kappa shape index (κ3) is 3.68. The Bertz CT molecular complexity index is 543. The van der Waals surface area contributed by atoms with Crippen LogP contribution >= 0.6 is 0 Å². The highest BCUT2D eigenvalue weighted by molar-refractivity contribution is 5.98. The van der Waals surface area contributed by atoms with Crippen LogP contribution < -0.4 is 0 Å². The van der Waals surface area contributed by atoms with Crippen LogP contribution in [0.15, 0.2) is 0 Å². The van der Waals surface area contributed by atoms with E-state index >= 15 is 0 Å². The average molecular weight is 309 g/mol. The van der Waals surface area contributed by atoms with Crippen molar-refractivity contribution in [2.75, 3.05) is 19.8 Å². The maximum atomic E-state index is 12.2. The number of aromatic amines is 1. The van der Waals surface area contributed by atoms with Gasteiger partial charge < -0.3 is 19.2 Å². The van der Waals surface area contributed by atoms with Gasteiger partial charge in [-0.3, -0.25) is 0 Å². The van der Waals surface area contributed by atoms with Gasteiger partial charge in [0.15, 0.2) is 0 Å². The Balaban J connectivity index is 2.03. The lowest BCUT2D eigenvalue weighted by Gasteiger charge is -2.21. The fourth-order valence-electron chi connectivity index (χ4n) is 2.64. The van der Waals surface area contributed by atoms with Crippen LogP contribution in [-0.2, 0) is 14.2 Å². The predicted molar refractivity (Wildman–Crippen MR) is 80.1 cm³/mol. The lowest BCUT2D eigenvalue weighted by Crippen LogP contribution is -2.26.